The molecule has 3 aliphatic heterocycles. The van der Waals surface area contributed by atoms with Crippen LogP contribution in [0.25, 0.3) is 0 Å². The molecule has 3 heterocycles. The minimum absolute atomic E-state index is 0.00895. The number of aliphatic carboxylic acids is 1. The van der Waals surface area contributed by atoms with Gasteiger partial charge in [0.25, 0.3) is 10.2 Å². The van der Waals surface area contributed by atoms with E-state index in [2.05, 4.69) is 9.62 Å². The van der Waals surface area contributed by atoms with E-state index in [1.807, 2.05) is 32.0 Å². The second kappa shape index (κ2) is 10.5. The topological polar surface area (TPSA) is 162 Å². The van der Waals surface area contributed by atoms with Crippen LogP contribution >= 0.6 is 11.8 Å². The Balaban J connectivity index is 1.56. The number of amides is 1. The molecule has 0 aromatic heterocycles. The van der Waals surface area contributed by atoms with E-state index in [-0.39, 0.29) is 41.4 Å². The number of thioether (sulfide) groups is 1. The number of fused-ring (bicyclic) bond motifs is 1. The first-order valence-electron chi connectivity index (χ1n) is 12.1. The van der Waals surface area contributed by atoms with Gasteiger partial charge in [0.15, 0.2) is 0 Å². The fourth-order valence-electron chi connectivity index (χ4n) is 5.70. The fourth-order valence-corrected chi connectivity index (χ4v) is 7.72. The van der Waals surface area contributed by atoms with Gasteiger partial charge in [-0.25, -0.2) is 14.7 Å². The number of aliphatic hydroxyl groups excluding tert-OH is 1. The van der Waals surface area contributed by atoms with Crippen LogP contribution in [0.5, 0.6) is 5.75 Å². The number of carboxylic acids is 1. The first-order chi connectivity index (χ1) is 17.3. The lowest BCUT2D eigenvalue weighted by atomic mass is 9.79. The zero-order valence-electron chi connectivity index (χ0n) is 21.2. The summed E-state index contributed by atoms with van der Waals surface area (Å²) in [6.07, 6.45) is -0.268. The number of β-lactam (4-membered cyclic amide) rings is 1. The normalized spacial score (nSPS) is 28.9. The molecule has 204 valence electrons. The van der Waals surface area contributed by atoms with Crippen LogP contribution in [0.4, 0.5) is 0 Å². The van der Waals surface area contributed by atoms with Crippen LogP contribution in [0.1, 0.15) is 31.4 Å². The van der Waals surface area contributed by atoms with Crippen LogP contribution in [0.3, 0.4) is 0 Å². The Hall–Kier alpha value is -2.16. The van der Waals surface area contributed by atoms with E-state index in [1.54, 1.807) is 14.0 Å². The Morgan fingerprint density at radius 2 is 2.08 bits per heavy atom. The van der Waals surface area contributed by atoms with E-state index >= 15 is 0 Å². The number of benzene rings is 1. The molecule has 1 aromatic carbocycles. The fraction of sp³-hybridized carbons (Fsp3) is 0.583. The standard InChI is InChI=1S/C24H34N4O7S2/c1-12-5-6-15(7-18(12)35-4)10-27-11-17(8-16(27)9-26-37(25,33)34)36-22-13(2)20-19(14(3)29)23(30)28(20)21(22)24(31)32/h5-7,13-14,16-17,19-20,26,29H,8-11H2,1-4H3,(H,31,32)(H2,25,33,34)/t13-,14-,16+,17+,19-,20-/m1/s1. The second-order valence-electron chi connectivity index (χ2n) is 10.0. The van der Waals surface area contributed by atoms with Gasteiger partial charge in [-0.2, -0.15) is 8.42 Å². The van der Waals surface area contributed by atoms with Gasteiger partial charge in [-0.05, 0) is 37.5 Å². The van der Waals surface area contributed by atoms with Crippen molar-refractivity contribution in [3.63, 3.8) is 0 Å². The maximum absolute atomic E-state index is 12.7. The van der Waals surface area contributed by atoms with E-state index in [4.69, 9.17) is 9.88 Å². The van der Waals surface area contributed by atoms with E-state index in [9.17, 15) is 28.2 Å². The molecule has 37 heavy (non-hydrogen) atoms. The molecule has 11 nitrogen and oxygen atoms in total. The summed E-state index contributed by atoms with van der Waals surface area (Å²) in [7, 11) is -2.27. The summed E-state index contributed by atoms with van der Waals surface area (Å²) in [6.45, 7) is 6.65. The van der Waals surface area contributed by atoms with Crippen molar-refractivity contribution in [2.24, 2.45) is 17.0 Å². The highest BCUT2D eigenvalue weighted by molar-refractivity contribution is 8.03. The summed E-state index contributed by atoms with van der Waals surface area (Å²) in [5.74, 6) is -1.62. The minimum atomic E-state index is -3.88. The summed E-state index contributed by atoms with van der Waals surface area (Å²) in [5, 5.41) is 25.2. The Labute approximate surface area is 221 Å². The molecule has 2 saturated heterocycles. The molecular weight excluding hydrogens is 520 g/mol. The Kier molecular flexibility index (Phi) is 7.94. The van der Waals surface area contributed by atoms with Crippen molar-refractivity contribution in [1.29, 1.82) is 0 Å². The Morgan fingerprint density at radius 1 is 1.38 bits per heavy atom. The first kappa shape index (κ1) is 27.9. The van der Waals surface area contributed by atoms with Gasteiger partial charge in [0.1, 0.15) is 11.4 Å². The summed E-state index contributed by atoms with van der Waals surface area (Å²) in [5.41, 5.74) is 2.00. The average molecular weight is 555 g/mol. The van der Waals surface area contributed by atoms with Gasteiger partial charge in [0.2, 0.25) is 5.91 Å². The van der Waals surface area contributed by atoms with Crippen molar-refractivity contribution < 1.29 is 33.0 Å². The number of rotatable bonds is 10. The zero-order valence-corrected chi connectivity index (χ0v) is 22.9. The van der Waals surface area contributed by atoms with Crippen LogP contribution in [0.2, 0.25) is 0 Å². The average Bonchev–Trinajstić information content (AvgIpc) is 3.29. The molecule has 0 saturated carbocycles. The largest absolute Gasteiger partial charge is 0.496 e. The molecule has 5 N–H and O–H groups in total. The Morgan fingerprint density at radius 3 is 2.68 bits per heavy atom. The van der Waals surface area contributed by atoms with Gasteiger partial charge < -0.3 is 19.8 Å². The van der Waals surface area contributed by atoms with Crippen molar-refractivity contribution in [3.8, 4) is 5.75 Å². The molecular formula is C24H34N4O7S2. The summed E-state index contributed by atoms with van der Waals surface area (Å²) in [4.78, 5) is 28.9. The molecule has 6 atom stereocenters. The minimum Gasteiger partial charge on any atom is -0.496 e. The predicted molar refractivity (Wildman–Crippen MR) is 139 cm³/mol. The van der Waals surface area contributed by atoms with Gasteiger partial charge in [-0.15, -0.1) is 11.8 Å². The maximum atomic E-state index is 12.7. The number of hydrogen-bond donors (Lipinski definition) is 4. The highest BCUT2D eigenvalue weighted by Crippen LogP contribution is 2.52. The zero-order chi connectivity index (χ0) is 27.2. The van der Waals surface area contributed by atoms with Crippen LogP contribution in [0.15, 0.2) is 28.8 Å². The van der Waals surface area contributed by atoms with Gasteiger partial charge in [0, 0.05) is 41.7 Å². The Bertz CT molecular complexity index is 1220. The number of nitrogens with zero attached hydrogens (tertiary/aromatic N) is 2. The number of nitrogens with two attached hydrogens (primary N) is 1. The van der Waals surface area contributed by atoms with Crippen LogP contribution in [0, 0.1) is 18.8 Å². The second-order valence-corrected chi connectivity index (χ2v) is 12.7. The molecule has 2 fully saturated rings. The lowest BCUT2D eigenvalue weighted by Gasteiger charge is -2.46. The number of carboxylic acid groups (broad SMARTS) is 1. The number of carbonyl (C=O) groups excluding carboxylic acids is 1. The molecule has 0 aliphatic carbocycles. The lowest BCUT2D eigenvalue weighted by Crippen LogP contribution is -2.63. The monoisotopic (exact) mass is 554 g/mol. The van der Waals surface area contributed by atoms with Gasteiger partial charge >= 0.3 is 5.97 Å². The molecule has 3 aliphatic rings. The van der Waals surface area contributed by atoms with Crippen LogP contribution in [-0.4, -0.2) is 83.9 Å². The number of ether oxygens (including phenoxy) is 1. The molecule has 1 amide bonds. The third kappa shape index (κ3) is 5.52. The summed E-state index contributed by atoms with van der Waals surface area (Å²) < 4.78 is 31.0. The van der Waals surface area contributed by atoms with Crippen LogP contribution < -0.4 is 14.6 Å². The first-order valence-corrected chi connectivity index (χ1v) is 14.5. The molecule has 0 radical (unpaired) electrons. The van der Waals surface area contributed by atoms with Crippen molar-refractivity contribution in [2.45, 2.75) is 57.2 Å². The van der Waals surface area contributed by atoms with Crippen molar-refractivity contribution in [1.82, 2.24) is 14.5 Å². The molecule has 4 rings (SSSR count). The lowest BCUT2D eigenvalue weighted by molar-refractivity contribution is -0.163. The number of methoxy groups -OCH3 is 1. The quantitative estimate of drug-likeness (QED) is 0.304. The van der Waals surface area contributed by atoms with Crippen molar-refractivity contribution in [3.05, 3.63) is 39.9 Å². The van der Waals surface area contributed by atoms with E-state index < -0.39 is 28.2 Å². The molecule has 0 spiro atoms. The van der Waals surface area contributed by atoms with Gasteiger partial charge in [-0.1, -0.05) is 19.1 Å². The third-order valence-electron chi connectivity index (χ3n) is 7.47. The maximum Gasteiger partial charge on any atom is 0.353 e. The van der Waals surface area contributed by atoms with Gasteiger partial charge in [-0.3, -0.25) is 9.69 Å². The van der Waals surface area contributed by atoms with Crippen molar-refractivity contribution >= 4 is 33.8 Å². The smallest absolute Gasteiger partial charge is 0.353 e. The number of likely N-dealkylation sites (tertiary alicyclic amines) is 1. The summed E-state index contributed by atoms with van der Waals surface area (Å²) >= 11 is 1.43. The number of nitrogens with one attached hydrogen (secondary N) is 1. The van der Waals surface area contributed by atoms with Gasteiger partial charge in [0.05, 0.1) is 25.2 Å². The van der Waals surface area contributed by atoms with E-state index in [0.29, 0.717) is 24.4 Å². The molecule has 0 unspecified atom stereocenters. The summed E-state index contributed by atoms with van der Waals surface area (Å²) in [6, 6.07) is 5.38. The van der Waals surface area contributed by atoms with Crippen molar-refractivity contribution in [2.75, 3.05) is 20.2 Å². The SMILES string of the molecule is COc1cc(CN2C[C@@H](SC3=C(C(=O)O)N4C(=O)[C@H]([C@@H](C)O)[C@H]4[C@H]3C)C[C@H]2CNS(N)(=O)=O)ccc1C. The van der Waals surface area contributed by atoms with E-state index in [0.717, 1.165) is 16.9 Å². The van der Waals surface area contributed by atoms with Crippen LogP contribution in [-0.2, 0) is 26.3 Å². The predicted octanol–water partition coefficient (Wildman–Crippen LogP) is 0.627. The number of aliphatic hydroxyl groups is 1. The van der Waals surface area contributed by atoms with E-state index in [1.165, 1.54) is 16.7 Å². The highest BCUT2D eigenvalue weighted by atomic mass is 32.2. The molecule has 1 aromatic rings. The number of aryl methyl sites for hydroxylation is 1. The number of hydrogen-bond acceptors (Lipinski definition) is 8. The number of carbonyl (C=O) groups is 2. The molecule has 13 heteroatoms. The highest BCUT2D eigenvalue weighted by Gasteiger charge is 2.60. The molecule has 0 bridgehead atoms. The third-order valence-corrected chi connectivity index (χ3v) is 9.54.